The molecule has 0 bridgehead atoms. The molecule has 0 amide bonds. The normalized spacial score (nSPS) is 18.4. The van der Waals surface area contributed by atoms with Gasteiger partial charge in [-0.05, 0) is 53.9 Å². The molecule has 1 aromatic rings. The van der Waals surface area contributed by atoms with E-state index in [0.717, 1.165) is 43.6 Å². The van der Waals surface area contributed by atoms with Crippen molar-refractivity contribution < 1.29 is 0 Å². The average molecular weight is 367 g/mol. The second-order valence-electron chi connectivity index (χ2n) is 8.58. The monoisotopic (exact) mass is 366 g/mol. The van der Waals surface area contributed by atoms with E-state index in [1.165, 1.54) is 23.1 Å². The molecular weight excluding hydrogens is 328 g/mol. The third kappa shape index (κ3) is 5.12. The second kappa shape index (κ2) is 9.39. The van der Waals surface area contributed by atoms with Crippen molar-refractivity contribution in [1.82, 2.24) is 9.88 Å². The van der Waals surface area contributed by atoms with E-state index in [2.05, 4.69) is 77.3 Å². The third-order valence-electron chi connectivity index (χ3n) is 5.47. The van der Waals surface area contributed by atoms with Crippen LogP contribution in [0.15, 0.2) is 48.2 Å². The van der Waals surface area contributed by atoms with E-state index in [1.54, 1.807) is 0 Å². The van der Waals surface area contributed by atoms with E-state index < -0.39 is 0 Å². The Bertz CT molecular complexity index is 686. The lowest BCUT2D eigenvalue weighted by atomic mass is 9.87. The van der Waals surface area contributed by atoms with Gasteiger partial charge >= 0.3 is 0 Å². The number of nitrogens with zero attached hydrogens (tertiary/aromatic N) is 2. The summed E-state index contributed by atoms with van der Waals surface area (Å²) in [4.78, 5) is 7.24. The minimum absolute atomic E-state index is 0.125. The molecule has 2 nitrogen and oxygen atoms in total. The smallest absolute Gasteiger partial charge is 0.0857 e. The van der Waals surface area contributed by atoms with Crippen LogP contribution in [-0.2, 0) is 5.41 Å². The highest BCUT2D eigenvalue weighted by molar-refractivity contribution is 5.60. The molecule has 0 aliphatic carbocycles. The highest BCUT2D eigenvalue weighted by Crippen LogP contribution is 2.34. The molecule has 148 valence electrons. The first-order valence-corrected chi connectivity index (χ1v) is 10.6. The Kier molecular flexibility index (Phi) is 7.47. The largest absolute Gasteiger partial charge is 0.363 e. The van der Waals surface area contributed by atoms with Crippen molar-refractivity contribution in [3.63, 3.8) is 0 Å². The van der Waals surface area contributed by atoms with Crippen molar-refractivity contribution in [2.24, 2.45) is 0 Å². The Morgan fingerprint density at radius 3 is 2.52 bits per heavy atom. The molecule has 0 N–H and O–H groups in total. The molecule has 2 rings (SSSR count). The fourth-order valence-electron chi connectivity index (χ4n) is 3.96. The van der Waals surface area contributed by atoms with Gasteiger partial charge in [-0.2, -0.15) is 0 Å². The van der Waals surface area contributed by atoms with Gasteiger partial charge in [0, 0.05) is 12.7 Å². The second-order valence-corrected chi connectivity index (χ2v) is 8.58. The number of pyridine rings is 1. The van der Waals surface area contributed by atoms with Crippen LogP contribution >= 0.6 is 0 Å². The summed E-state index contributed by atoms with van der Waals surface area (Å²) < 4.78 is 0. The molecule has 0 saturated heterocycles. The molecule has 0 fully saturated rings. The molecule has 1 unspecified atom stereocenters. The van der Waals surface area contributed by atoms with E-state index in [-0.39, 0.29) is 5.41 Å². The number of hydrogen-bond donors (Lipinski definition) is 0. The molecule has 2 heteroatoms. The molecule has 0 saturated carbocycles. The van der Waals surface area contributed by atoms with Crippen LogP contribution in [0.2, 0.25) is 0 Å². The topological polar surface area (TPSA) is 16.1 Å². The summed E-state index contributed by atoms with van der Waals surface area (Å²) in [6.07, 6.45) is 12.5. The van der Waals surface area contributed by atoms with Crippen LogP contribution in [0.5, 0.6) is 0 Å². The van der Waals surface area contributed by atoms with E-state index >= 15 is 0 Å². The Hall–Kier alpha value is -1.83. The van der Waals surface area contributed by atoms with Gasteiger partial charge in [0.05, 0.1) is 17.4 Å². The van der Waals surface area contributed by atoms with Gasteiger partial charge in [0.25, 0.3) is 0 Å². The van der Waals surface area contributed by atoms with Gasteiger partial charge in [-0.3, -0.25) is 4.98 Å². The highest BCUT2D eigenvalue weighted by Gasteiger charge is 2.27. The van der Waals surface area contributed by atoms with Crippen molar-refractivity contribution in [2.45, 2.75) is 85.1 Å². The summed E-state index contributed by atoms with van der Waals surface area (Å²) in [7, 11) is 0. The quantitative estimate of drug-likeness (QED) is 0.522. The Balaban J connectivity index is 2.28. The summed E-state index contributed by atoms with van der Waals surface area (Å²) in [5, 5.41) is 0. The average Bonchev–Trinajstić information content (AvgIpc) is 2.66. The molecular formula is C25H38N2. The zero-order valence-corrected chi connectivity index (χ0v) is 18.3. The lowest BCUT2D eigenvalue weighted by molar-refractivity contribution is 0.310. The van der Waals surface area contributed by atoms with Gasteiger partial charge in [0.15, 0.2) is 0 Å². The van der Waals surface area contributed by atoms with Gasteiger partial charge in [0.2, 0.25) is 0 Å². The molecule has 0 spiro atoms. The Morgan fingerprint density at radius 1 is 1.26 bits per heavy atom. The predicted octanol–water partition coefficient (Wildman–Crippen LogP) is 6.90. The Labute approximate surface area is 167 Å². The number of aromatic nitrogens is 1. The summed E-state index contributed by atoms with van der Waals surface area (Å²) >= 11 is 0. The van der Waals surface area contributed by atoms with E-state index in [4.69, 9.17) is 4.98 Å². The van der Waals surface area contributed by atoms with Crippen molar-refractivity contribution in [3.8, 4) is 0 Å². The minimum atomic E-state index is 0.125. The maximum Gasteiger partial charge on any atom is 0.0857 e. The molecule has 1 atom stereocenters. The SMILES string of the molecule is C=C(c1ccc(C(C)(C)C)cn1)N1CCC=C(C(=CCC)CCC)C1CC. The van der Waals surface area contributed by atoms with Crippen LogP contribution in [0.4, 0.5) is 0 Å². The summed E-state index contributed by atoms with van der Waals surface area (Å²) in [6, 6.07) is 4.75. The first kappa shape index (κ1) is 21.5. The van der Waals surface area contributed by atoms with Crippen LogP contribution < -0.4 is 0 Å². The predicted molar refractivity (Wildman–Crippen MR) is 119 cm³/mol. The van der Waals surface area contributed by atoms with Crippen molar-refractivity contribution >= 4 is 5.70 Å². The molecule has 0 radical (unpaired) electrons. The van der Waals surface area contributed by atoms with Crippen LogP contribution in [0, 0.1) is 0 Å². The maximum atomic E-state index is 4.76. The molecule has 2 heterocycles. The van der Waals surface area contributed by atoms with Crippen molar-refractivity contribution in [3.05, 3.63) is 59.5 Å². The minimum Gasteiger partial charge on any atom is -0.363 e. The number of hydrogen-bond acceptors (Lipinski definition) is 2. The van der Waals surface area contributed by atoms with Gasteiger partial charge in [0.1, 0.15) is 0 Å². The van der Waals surface area contributed by atoms with Crippen LogP contribution in [0.25, 0.3) is 5.70 Å². The standard InChI is InChI=1S/C25H38N2/c1-8-12-20(13-9-2)22-14-11-17-27(24(22)10-3)19(4)23-16-15-21(18-26-23)25(5,6)7/h12,14-16,18,24H,4,8-11,13,17H2,1-3,5-7H3. The molecule has 1 aliphatic heterocycles. The van der Waals surface area contributed by atoms with Crippen LogP contribution in [0.1, 0.15) is 84.9 Å². The van der Waals surface area contributed by atoms with Gasteiger partial charge in [-0.25, -0.2) is 0 Å². The summed E-state index contributed by atoms with van der Waals surface area (Å²) in [6.45, 7) is 18.9. The van der Waals surface area contributed by atoms with Crippen molar-refractivity contribution in [2.75, 3.05) is 6.54 Å². The summed E-state index contributed by atoms with van der Waals surface area (Å²) in [5.41, 5.74) is 6.49. The maximum absolute atomic E-state index is 4.76. The molecule has 1 aromatic heterocycles. The first-order chi connectivity index (χ1) is 12.8. The lowest BCUT2D eigenvalue weighted by Crippen LogP contribution is -2.38. The number of allylic oxidation sites excluding steroid dienone is 1. The zero-order chi connectivity index (χ0) is 20.0. The van der Waals surface area contributed by atoms with Crippen molar-refractivity contribution in [1.29, 1.82) is 0 Å². The highest BCUT2D eigenvalue weighted by atomic mass is 15.2. The fourth-order valence-corrected chi connectivity index (χ4v) is 3.96. The first-order valence-electron chi connectivity index (χ1n) is 10.6. The molecule has 0 aromatic carbocycles. The lowest BCUT2D eigenvalue weighted by Gasteiger charge is -2.39. The van der Waals surface area contributed by atoms with Crippen LogP contribution in [-0.4, -0.2) is 22.5 Å². The summed E-state index contributed by atoms with van der Waals surface area (Å²) in [5.74, 6) is 0. The van der Waals surface area contributed by atoms with Gasteiger partial charge in [-0.15, -0.1) is 0 Å². The Morgan fingerprint density at radius 2 is 2.00 bits per heavy atom. The van der Waals surface area contributed by atoms with Gasteiger partial charge < -0.3 is 4.90 Å². The molecule has 1 aliphatic rings. The molecule has 27 heavy (non-hydrogen) atoms. The van der Waals surface area contributed by atoms with E-state index in [0.29, 0.717) is 6.04 Å². The fraction of sp³-hybridized carbons (Fsp3) is 0.560. The number of rotatable bonds is 7. The van der Waals surface area contributed by atoms with Crippen LogP contribution in [0.3, 0.4) is 0 Å². The van der Waals surface area contributed by atoms with E-state index in [1.807, 2.05) is 6.20 Å². The van der Waals surface area contributed by atoms with Gasteiger partial charge in [-0.1, -0.05) is 72.8 Å². The van der Waals surface area contributed by atoms with E-state index in [9.17, 15) is 0 Å². The zero-order valence-electron chi connectivity index (χ0n) is 18.3. The third-order valence-corrected chi connectivity index (χ3v) is 5.47.